The predicted octanol–water partition coefficient (Wildman–Crippen LogP) is 1.31. The van der Waals surface area contributed by atoms with Crippen molar-refractivity contribution in [2.45, 2.75) is 17.5 Å². The second-order valence-corrected chi connectivity index (χ2v) is 5.00. The van der Waals surface area contributed by atoms with E-state index >= 15 is 0 Å². The van der Waals surface area contributed by atoms with Crippen LogP contribution in [0.5, 0.6) is 0 Å². The number of benzene rings is 1. The van der Waals surface area contributed by atoms with Gasteiger partial charge in [0.1, 0.15) is 0 Å². The van der Waals surface area contributed by atoms with Gasteiger partial charge in [0.25, 0.3) is 0 Å². The Morgan fingerprint density at radius 2 is 2.22 bits per heavy atom. The molecule has 1 aromatic carbocycles. The van der Waals surface area contributed by atoms with E-state index in [0.29, 0.717) is 19.7 Å². The van der Waals surface area contributed by atoms with Crippen molar-refractivity contribution in [3.05, 3.63) is 23.8 Å². The molecule has 5 heteroatoms. The third-order valence-electron chi connectivity index (χ3n) is 2.79. The molecule has 0 spiro atoms. The minimum Gasteiger partial charge on any atom is -0.389 e. The summed E-state index contributed by atoms with van der Waals surface area (Å²) in [5.41, 5.74) is 8.02. The molecular formula is C13H22N2O2S. The molecule has 0 bridgehead atoms. The number of aliphatic hydroxyl groups excluding tert-OH is 1. The van der Waals surface area contributed by atoms with Gasteiger partial charge >= 0.3 is 0 Å². The summed E-state index contributed by atoms with van der Waals surface area (Å²) in [7, 11) is 3.54. The lowest BCUT2D eigenvalue weighted by Crippen LogP contribution is -2.32. The first-order chi connectivity index (χ1) is 8.63. The maximum atomic E-state index is 9.77. The SMILES string of the molecule is COCC(O)CN(C)c1cccc(SC)c1CN. The molecule has 4 nitrogen and oxygen atoms in total. The predicted molar refractivity (Wildman–Crippen MR) is 77.3 cm³/mol. The first kappa shape index (κ1) is 15.3. The smallest absolute Gasteiger partial charge is 0.0947 e. The molecule has 0 aliphatic heterocycles. The van der Waals surface area contributed by atoms with Gasteiger partial charge in [-0.2, -0.15) is 0 Å². The van der Waals surface area contributed by atoms with Crippen LogP contribution in [0.1, 0.15) is 5.56 Å². The highest BCUT2D eigenvalue weighted by atomic mass is 32.2. The molecule has 0 fully saturated rings. The van der Waals surface area contributed by atoms with Crippen molar-refractivity contribution in [1.82, 2.24) is 0 Å². The molecule has 0 aliphatic carbocycles. The fourth-order valence-electron chi connectivity index (χ4n) is 1.97. The molecular weight excluding hydrogens is 248 g/mol. The molecule has 1 rings (SSSR count). The van der Waals surface area contributed by atoms with E-state index in [1.54, 1.807) is 18.9 Å². The second kappa shape index (κ2) is 7.63. The zero-order chi connectivity index (χ0) is 13.5. The standard InChI is InChI=1S/C13H22N2O2S/c1-15(8-10(16)9-17-2)12-5-4-6-13(18-3)11(12)7-14/h4-6,10,16H,7-9,14H2,1-3H3. The van der Waals surface area contributed by atoms with Gasteiger partial charge in [0, 0.05) is 43.4 Å². The highest BCUT2D eigenvalue weighted by Gasteiger charge is 2.13. The monoisotopic (exact) mass is 270 g/mol. The molecule has 0 aromatic heterocycles. The lowest BCUT2D eigenvalue weighted by molar-refractivity contribution is 0.0695. The van der Waals surface area contributed by atoms with Crippen LogP contribution in [-0.4, -0.2) is 44.8 Å². The van der Waals surface area contributed by atoms with E-state index < -0.39 is 6.10 Å². The summed E-state index contributed by atoms with van der Waals surface area (Å²) >= 11 is 1.69. The molecule has 0 radical (unpaired) electrons. The number of rotatable bonds is 7. The van der Waals surface area contributed by atoms with Gasteiger partial charge in [-0.05, 0) is 18.4 Å². The first-order valence-corrected chi connectivity index (χ1v) is 7.10. The lowest BCUT2D eigenvalue weighted by atomic mass is 10.1. The van der Waals surface area contributed by atoms with Crippen molar-refractivity contribution in [3.63, 3.8) is 0 Å². The number of hydrogen-bond acceptors (Lipinski definition) is 5. The Morgan fingerprint density at radius 1 is 1.50 bits per heavy atom. The third-order valence-corrected chi connectivity index (χ3v) is 3.61. The fourth-order valence-corrected chi connectivity index (χ4v) is 2.62. The summed E-state index contributed by atoms with van der Waals surface area (Å²) < 4.78 is 4.94. The van der Waals surface area contributed by atoms with Gasteiger partial charge in [0.05, 0.1) is 12.7 Å². The maximum absolute atomic E-state index is 9.77. The molecule has 0 aliphatic rings. The number of thioether (sulfide) groups is 1. The molecule has 1 unspecified atom stereocenters. The second-order valence-electron chi connectivity index (χ2n) is 4.15. The Balaban J connectivity index is 2.87. The van der Waals surface area contributed by atoms with E-state index in [0.717, 1.165) is 11.3 Å². The van der Waals surface area contributed by atoms with E-state index in [-0.39, 0.29) is 0 Å². The summed E-state index contributed by atoms with van der Waals surface area (Å²) in [5.74, 6) is 0. The van der Waals surface area contributed by atoms with Crippen molar-refractivity contribution >= 4 is 17.4 Å². The van der Waals surface area contributed by atoms with Crippen LogP contribution >= 0.6 is 11.8 Å². The van der Waals surface area contributed by atoms with E-state index in [2.05, 4.69) is 6.07 Å². The van der Waals surface area contributed by atoms with Crippen molar-refractivity contribution in [3.8, 4) is 0 Å². The Hall–Kier alpha value is -0.750. The molecule has 18 heavy (non-hydrogen) atoms. The van der Waals surface area contributed by atoms with Crippen molar-refractivity contribution in [2.75, 3.05) is 38.5 Å². The van der Waals surface area contributed by atoms with Crippen LogP contribution in [0.3, 0.4) is 0 Å². The number of ether oxygens (including phenoxy) is 1. The van der Waals surface area contributed by atoms with Crippen molar-refractivity contribution < 1.29 is 9.84 Å². The Bertz CT molecular complexity index is 374. The number of nitrogens with two attached hydrogens (primary N) is 1. The minimum absolute atomic E-state index is 0.338. The molecule has 1 atom stereocenters. The summed E-state index contributed by atoms with van der Waals surface area (Å²) in [6.45, 7) is 1.36. The lowest BCUT2D eigenvalue weighted by Gasteiger charge is -2.25. The van der Waals surface area contributed by atoms with Crippen LogP contribution in [0.4, 0.5) is 5.69 Å². The van der Waals surface area contributed by atoms with E-state index in [4.69, 9.17) is 10.5 Å². The number of nitrogens with zero attached hydrogens (tertiary/aromatic N) is 1. The normalized spacial score (nSPS) is 12.5. The highest BCUT2D eigenvalue weighted by Crippen LogP contribution is 2.28. The number of aliphatic hydroxyl groups is 1. The zero-order valence-corrected chi connectivity index (χ0v) is 12.0. The summed E-state index contributed by atoms with van der Waals surface area (Å²) in [4.78, 5) is 3.20. The number of likely N-dealkylation sites (N-methyl/N-ethyl adjacent to an activating group) is 1. The summed E-state index contributed by atoms with van der Waals surface area (Å²) in [6, 6.07) is 6.11. The van der Waals surface area contributed by atoms with Crippen LogP contribution in [0.25, 0.3) is 0 Å². The van der Waals surface area contributed by atoms with Gasteiger partial charge in [0.2, 0.25) is 0 Å². The van der Waals surface area contributed by atoms with Gasteiger partial charge in [0.15, 0.2) is 0 Å². The largest absolute Gasteiger partial charge is 0.389 e. The minimum atomic E-state index is -0.497. The Kier molecular flexibility index (Phi) is 6.49. The van der Waals surface area contributed by atoms with Gasteiger partial charge in [-0.25, -0.2) is 0 Å². The van der Waals surface area contributed by atoms with Crippen molar-refractivity contribution in [1.29, 1.82) is 0 Å². The number of hydrogen-bond donors (Lipinski definition) is 2. The van der Waals surface area contributed by atoms with E-state index in [1.165, 1.54) is 4.90 Å². The molecule has 0 saturated carbocycles. The van der Waals surface area contributed by atoms with Gasteiger partial charge in [-0.3, -0.25) is 0 Å². The molecule has 0 amide bonds. The van der Waals surface area contributed by atoms with Gasteiger partial charge in [-0.1, -0.05) is 6.07 Å². The molecule has 1 aromatic rings. The van der Waals surface area contributed by atoms with Gasteiger partial charge in [-0.15, -0.1) is 11.8 Å². The average Bonchev–Trinajstić information content (AvgIpc) is 2.37. The van der Waals surface area contributed by atoms with Crippen LogP contribution in [0.15, 0.2) is 23.1 Å². The third kappa shape index (κ3) is 3.88. The van der Waals surface area contributed by atoms with Crippen LogP contribution in [-0.2, 0) is 11.3 Å². The molecule has 3 N–H and O–H groups in total. The topological polar surface area (TPSA) is 58.7 Å². The highest BCUT2D eigenvalue weighted by molar-refractivity contribution is 7.98. The fraction of sp³-hybridized carbons (Fsp3) is 0.538. The van der Waals surface area contributed by atoms with Crippen LogP contribution in [0.2, 0.25) is 0 Å². The first-order valence-electron chi connectivity index (χ1n) is 5.88. The van der Waals surface area contributed by atoms with E-state index in [1.807, 2.05) is 30.3 Å². The Labute approximate surface area is 113 Å². The summed E-state index contributed by atoms with van der Waals surface area (Å²) in [5, 5.41) is 9.77. The summed E-state index contributed by atoms with van der Waals surface area (Å²) in [6.07, 6.45) is 1.54. The quantitative estimate of drug-likeness (QED) is 0.732. The van der Waals surface area contributed by atoms with Crippen LogP contribution in [0, 0.1) is 0 Å². The molecule has 102 valence electrons. The number of methoxy groups -OCH3 is 1. The Morgan fingerprint density at radius 3 is 2.78 bits per heavy atom. The molecule has 0 saturated heterocycles. The van der Waals surface area contributed by atoms with E-state index in [9.17, 15) is 5.11 Å². The zero-order valence-electron chi connectivity index (χ0n) is 11.2. The van der Waals surface area contributed by atoms with Gasteiger partial charge < -0.3 is 20.5 Å². The number of anilines is 1. The van der Waals surface area contributed by atoms with Crippen molar-refractivity contribution in [2.24, 2.45) is 5.73 Å². The maximum Gasteiger partial charge on any atom is 0.0947 e. The molecule has 0 heterocycles. The van der Waals surface area contributed by atoms with Crippen LogP contribution < -0.4 is 10.6 Å². The average molecular weight is 270 g/mol.